The lowest BCUT2D eigenvalue weighted by atomic mass is 9.96. The Morgan fingerprint density at radius 1 is 1.00 bits per heavy atom. The van der Waals surface area contributed by atoms with Gasteiger partial charge in [-0.1, -0.05) is 41.9 Å². The predicted molar refractivity (Wildman–Crippen MR) is 103 cm³/mol. The first-order valence-corrected chi connectivity index (χ1v) is 9.24. The lowest BCUT2D eigenvalue weighted by Crippen LogP contribution is -2.28. The monoisotopic (exact) mass is 367 g/mol. The van der Waals surface area contributed by atoms with E-state index in [1.165, 1.54) is 0 Å². The van der Waals surface area contributed by atoms with Gasteiger partial charge in [0, 0.05) is 21.4 Å². The van der Waals surface area contributed by atoms with Gasteiger partial charge in [-0.2, -0.15) is 0 Å². The summed E-state index contributed by atoms with van der Waals surface area (Å²) < 4.78 is 0. The molecule has 1 atom stereocenters. The molecule has 124 valence electrons. The van der Waals surface area contributed by atoms with Crippen LogP contribution in [0.2, 0.25) is 5.02 Å². The molecule has 0 bridgehead atoms. The first kappa shape index (κ1) is 16.2. The van der Waals surface area contributed by atoms with E-state index < -0.39 is 17.6 Å². The summed E-state index contributed by atoms with van der Waals surface area (Å²) in [6, 6.07) is 19.0. The van der Waals surface area contributed by atoms with Gasteiger partial charge in [-0.3, -0.25) is 9.59 Å². The van der Waals surface area contributed by atoms with E-state index in [2.05, 4.69) is 5.32 Å². The van der Waals surface area contributed by atoms with E-state index in [-0.39, 0.29) is 0 Å². The molecule has 0 aromatic heterocycles. The fourth-order valence-electron chi connectivity index (χ4n) is 3.02. The van der Waals surface area contributed by atoms with E-state index in [1.807, 2.05) is 48.5 Å². The third-order valence-electron chi connectivity index (χ3n) is 4.30. The second-order valence-corrected chi connectivity index (χ2v) is 7.42. The van der Waals surface area contributed by atoms with Crippen LogP contribution in [-0.2, 0) is 9.59 Å². The molecule has 0 aliphatic carbocycles. The number of hydrogen-bond donors (Lipinski definition) is 1. The minimum atomic E-state index is -0.589. The summed E-state index contributed by atoms with van der Waals surface area (Å²) in [6.45, 7) is 0. The van der Waals surface area contributed by atoms with Crippen molar-refractivity contribution in [3.8, 4) is 0 Å². The normalized spacial score (nSPS) is 15.8. The number of rotatable bonds is 3. The second-order valence-electron chi connectivity index (χ2n) is 5.93. The molecule has 1 N–H and O–H groups in total. The van der Waals surface area contributed by atoms with Crippen LogP contribution in [0.4, 0.5) is 5.69 Å². The van der Waals surface area contributed by atoms with E-state index in [0.717, 1.165) is 21.2 Å². The fourth-order valence-corrected chi connectivity index (χ4v) is 4.41. The molecule has 3 aromatic carbocycles. The van der Waals surface area contributed by atoms with Crippen LogP contribution in [0, 0.1) is 0 Å². The number of nitrogens with one attached hydrogen (secondary N) is 1. The number of Topliss-reactive ketones (excluding diaryl/α,β-unsaturated/α-hetero) is 1. The van der Waals surface area contributed by atoms with Crippen molar-refractivity contribution in [3.05, 3.63) is 71.2 Å². The summed E-state index contributed by atoms with van der Waals surface area (Å²) in [5, 5.41) is 5.40. The highest BCUT2D eigenvalue weighted by Gasteiger charge is 2.33. The van der Waals surface area contributed by atoms with Crippen LogP contribution >= 0.6 is 23.4 Å². The zero-order chi connectivity index (χ0) is 17.4. The molecule has 0 fully saturated rings. The Balaban J connectivity index is 1.55. The Morgan fingerprint density at radius 2 is 1.80 bits per heavy atom. The molecular weight excluding hydrogens is 354 g/mol. The fraction of sp³-hybridized carbons (Fsp3) is 0.100. The first-order valence-electron chi connectivity index (χ1n) is 7.88. The van der Waals surface area contributed by atoms with Crippen molar-refractivity contribution in [2.45, 2.75) is 10.8 Å². The molecule has 1 aliphatic rings. The molecule has 1 aliphatic heterocycles. The van der Waals surface area contributed by atoms with Gasteiger partial charge in [-0.25, -0.2) is 0 Å². The van der Waals surface area contributed by atoms with Gasteiger partial charge in [-0.05, 0) is 46.7 Å². The van der Waals surface area contributed by atoms with Gasteiger partial charge in [-0.15, -0.1) is 11.8 Å². The van der Waals surface area contributed by atoms with Gasteiger partial charge < -0.3 is 5.32 Å². The molecule has 1 amide bonds. The lowest BCUT2D eigenvalue weighted by Gasteiger charge is -2.11. The molecule has 3 aromatic rings. The van der Waals surface area contributed by atoms with Gasteiger partial charge in [0.25, 0.3) is 5.91 Å². The highest BCUT2D eigenvalue weighted by molar-refractivity contribution is 7.99. The Morgan fingerprint density at radius 3 is 2.64 bits per heavy atom. The maximum atomic E-state index is 12.6. The molecule has 0 saturated carbocycles. The molecule has 3 nitrogen and oxygen atoms in total. The van der Waals surface area contributed by atoms with Gasteiger partial charge >= 0.3 is 0 Å². The van der Waals surface area contributed by atoms with Crippen LogP contribution in [0.15, 0.2) is 65.6 Å². The van der Waals surface area contributed by atoms with Crippen molar-refractivity contribution in [2.75, 3.05) is 11.1 Å². The molecule has 1 heterocycles. The van der Waals surface area contributed by atoms with Gasteiger partial charge in [0.1, 0.15) is 0 Å². The maximum absolute atomic E-state index is 12.6. The number of halogens is 1. The third kappa shape index (κ3) is 3.15. The summed E-state index contributed by atoms with van der Waals surface area (Å²) in [5.74, 6) is -0.894. The Labute approximate surface area is 154 Å². The van der Waals surface area contributed by atoms with Crippen LogP contribution < -0.4 is 5.32 Å². The highest BCUT2D eigenvalue weighted by atomic mass is 35.5. The predicted octanol–water partition coefficient (Wildman–Crippen LogP) is 4.89. The molecule has 25 heavy (non-hydrogen) atoms. The van der Waals surface area contributed by atoms with E-state index in [1.54, 1.807) is 23.9 Å². The van der Waals surface area contributed by atoms with E-state index >= 15 is 0 Å². The van der Waals surface area contributed by atoms with Crippen molar-refractivity contribution in [1.29, 1.82) is 0 Å². The second kappa shape index (κ2) is 6.54. The Bertz CT molecular complexity index is 1000. The minimum absolute atomic E-state index is 0.429. The summed E-state index contributed by atoms with van der Waals surface area (Å²) in [5.41, 5.74) is 1.46. The number of anilines is 1. The first-order chi connectivity index (χ1) is 12.1. The van der Waals surface area contributed by atoms with Crippen molar-refractivity contribution < 1.29 is 9.59 Å². The van der Waals surface area contributed by atoms with Crippen LogP contribution in [-0.4, -0.2) is 17.4 Å². The highest BCUT2D eigenvalue weighted by Crippen LogP contribution is 2.41. The minimum Gasteiger partial charge on any atom is -0.319 e. The Hall–Kier alpha value is -2.30. The summed E-state index contributed by atoms with van der Waals surface area (Å²) in [4.78, 5) is 26.1. The zero-order valence-electron chi connectivity index (χ0n) is 13.2. The average Bonchev–Trinajstić information content (AvgIpc) is 3.04. The number of benzene rings is 3. The number of ketones is 1. The summed E-state index contributed by atoms with van der Waals surface area (Å²) >= 11 is 7.62. The Kier molecular flexibility index (Phi) is 4.24. The quantitative estimate of drug-likeness (QED) is 0.670. The lowest BCUT2D eigenvalue weighted by molar-refractivity contribution is -0.135. The number of carbonyl (C=O) groups is 2. The van der Waals surface area contributed by atoms with Gasteiger partial charge in [0.05, 0.1) is 5.92 Å². The topological polar surface area (TPSA) is 46.2 Å². The number of carbonyl (C=O) groups excluding carboxylic acids is 2. The number of amides is 1. The van der Waals surface area contributed by atoms with Crippen molar-refractivity contribution in [2.24, 2.45) is 0 Å². The number of hydrogen-bond acceptors (Lipinski definition) is 3. The van der Waals surface area contributed by atoms with Crippen molar-refractivity contribution in [3.63, 3.8) is 0 Å². The molecule has 1 unspecified atom stereocenters. The van der Waals surface area contributed by atoms with Crippen LogP contribution in [0.25, 0.3) is 10.8 Å². The largest absolute Gasteiger partial charge is 0.319 e. The average molecular weight is 368 g/mol. The SMILES string of the molecule is O=C(Nc1ccc2ccccc2c1)C(=O)C1CSc2ccc(Cl)cc21. The molecule has 0 saturated heterocycles. The van der Waals surface area contributed by atoms with Crippen LogP contribution in [0.3, 0.4) is 0 Å². The number of thioether (sulfide) groups is 1. The zero-order valence-corrected chi connectivity index (χ0v) is 14.7. The molecule has 0 spiro atoms. The smallest absolute Gasteiger partial charge is 0.292 e. The summed E-state index contributed by atoms with van der Waals surface area (Å²) in [7, 11) is 0. The van der Waals surface area contributed by atoms with Crippen LogP contribution in [0.5, 0.6) is 0 Å². The van der Waals surface area contributed by atoms with Gasteiger partial charge in [0.2, 0.25) is 5.78 Å². The standard InChI is InChI=1S/C20H14ClNO2S/c21-14-6-8-18-16(10-14)17(11-25-18)19(23)20(24)22-15-7-5-12-3-1-2-4-13(12)9-15/h1-10,17H,11H2,(H,22,24). The maximum Gasteiger partial charge on any atom is 0.292 e. The van der Waals surface area contributed by atoms with Crippen LogP contribution in [0.1, 0.15) is 11.5 Å². The van der Waals surface area contributed by atoms with E-state index in [0.29, 0.717) is 16.5 Å². The molecule has 4 rings (SSSR count). The van der Waals surface area contributed by atoms with E-state index in [9.17, 15) is 9.59 Å². The van der Waals surface area contributed by atoms with Crippen molar-refractivity contribution in [1.82, 2.24) is 0 Å². The summed E-state index contributed by atoms with van der Waals surface area (Å²) in [6.07, 6.45) is 0. The molecular formula is C20H14ClNO2S. The van der Waals surface area contributed by atoms with Gasteiger partial charge in [0.15, 0.2) is 0 Å². The molecule has 5 heteroatoms. The molecule has 0 radical (unpaired) electrons. The van der Waals surface area contributed by atoms with E-state index in [4.69, 9.17) is 11.6 Å². The third-order valence-corrected chi connectivity index (χ3v) is 5.72. The van der Waals surface area contributed by atoms with Crippen molar-refractivity contribution >= 4 is 51.5 Å². The number of fused-ring (bicyclic) bond motifs is 2.